The van der Waals surface area contributed by atoms with Crippen molar-refractivity contribution in [3.05, 3.63) is 75.6 Å². The number of carbonyl (C=O) groups is 1. The number of rotatable bonds is 6. The first kappa shape index (κ1) is 18.9. The van der Waals surface area contributed by atoms with Gasteiger partial charge in [-0.05, 0) is 17.7 Å². The van der Waals surface area contributed by atoms with Crippen molar-refractivity contribution >= 4 is 11.6 Å². The van der Waals surface area contributed by atoms with Gasteiger partial charge < -0.3 is 15.0 Å². The van der Waals surface area contributed by atoms with Gasteiger partial charge in [-0.25, -0.2) is 0 Å². The summed E-state index contributed by atoms with van der Waals surface area (Å²) in [6.45, 7) is 3.72. The highest BCUT2D eigenvalue weighted by atomic mass is 19.1. The fraction of sp³-hybridized carbons (Fsp3) is 0.316. The van der Waals surface area contributed by atoms with Gasteiger partial charge in [0.05, 0.1) is 18.1 Å². The van der Waals surface area contributed by atoms with Gasteiger partial charge in [-0.3, -0.25) is 14.9 Å². The van der Waals surface area contributed by atoms with Crippen molar-refractivity contribution in [1.29, 1.82) is 0 Å². The monoisotopic (exact) mass is 374 g/mol. The second-order valence-electron chi connectivity index (χ2n) is 6.43. The van der Waals surface area contributed by atoms with Gasteiger partial charge in [0.15, 0.2) is 0 Å². The Morgan fingerprint density at radius 3 is 2.59 bits per heavy atom. The normalized spacial score (nSPS) is 15.9. The third-order valence-corrected chi connectivity index (χ3v) is 4.60. The Balaban J connectivity index is 1.79. The van der Waals surface area contributed by atoms with E-state index in [4.69, 9.17) is 4.74 Å². The zero-order chi connectivity index (χ0) is 19.2. The Morgan fingerprint density at radius 2 is 1.93 bits per heavy atom. The lowest BCUT2D eigenvalue weighted by Gasteiger charge is -2.28. The SMILES string of the molecule is O=C(N[C@H](C[NH+]1CCOCC1)c1ccccc1)c1ccc(F)c([N+](=O)[O-])c1. The molecular formula is C19H21FN3O4+. The zero-order valence-electron chi connectivity index (χ0n) is 14.7. The summed E-state index contributed by atoms with van der Waals surface area (Å²) in [6, 6.07) is 12.4. The number of hydrogen-bond donors (Lipinski definition) is 2. The third kappa shape index (κ3) is 4.87. The summed E-state index contributed by atoms with van der Waals surface area (Å²) >= 11 is 0. The van der Waals surface area contributed by atoms with Crippen LogP contribution in [0.5, 0.6) is 0 Å². The predicted molar refractivity (Wildman–Crippen MR) is 96.1 cm³/mol. The van der Waals surface area contributed by atoms with Gasteiger partial charge >= 0.3 is 5.69 Å². The Morgan fingerprint density at radius 1 is 1.22 bits per heavy atom. The second kappa shape index (κ2) is 8.70. The number of nitro benzene ring substituents is 1. The highest BCUT2D eigenvalue weighted by Crippen LogP contribution is 2.19. The lowest BCUT2D eigenvalue weighted by Crippen LogP contribution is -3.14. The first-order chi connectivity index (χ1) is 13.0. The molecule has 1 heterocycles. The molecule has 2 N–H and O–H groups in total. The highest BCUT2D eigenvalue weighted by molar-refractivity contribution is 5.95. The van der Waals surface area contributed by atoms with Crippen LogP contribution in [0.15, 0.2) is 48.5 Å². The molecule has 3 rings (SSSR count). The first-order valence-electron chi connectivity index (χ1n) is 8.75. The maximum Gasteiger partial charge on any atom is 0.305 e. The maximum atomic E-state index is 13.5. The van der Waals surface area contributed by atoms with Crippen LogP contribution in [0, 0.1) is 15.9 Å². The zero-order valence-corrected chi connectivity index (χ0v) is 14.7. The van der Waals surface area contributed by atoms with Crippen molar-refractivity contribution < 1.29 is 23.7 Å². The third-order valence-electron chi connectivity index (χ3n) is 4.60. The van der Waals surface area contributed by atoms with Crippen molar-refractivity contribution in [2.45, 2.75) is 6.04 Å². The van der Waals surface area contributed by atoms with Crippen LogP contribution < -0.4 is 10.2 Å². The van der Waals surface area contributed by atoms with Gasteiger partial charge in [0.2, 0.25) is 5.82 Å². The molecule has 142 valence electrons. The number of nitrogens with one attached hydrogen (secondary N) is 2. The molecule has 0 radical (unpaired) electrons. The molecule has 0 unspecified atom stereocenters. The minimum Gasteiger partial charge on any atom is -0.370 e. The van der Waals surface area contributed by atoms with E-state index in [0.29, 0.717) is 19.8 Å². The number of morpholine rings is 1. The molecule has 0 aromatic heterocycles. The molecule has 27 heavy (non-hydrogen) atoms. The molecule has 1 aliphatic rings. The topological polar surface area (TPSA) is 85.9 Å². The largest absolute Gasteiger partial charge is 0.370 e. The molecule has 1 atom stereocenters. The number of nitro groups is 1. The molecule has 0 spiro atoms. The van der Waals surface area contributed by atoms with Gasteiger partial charge in [0.25, 0.3) is 5.91 Å². The highest BCUT2D eigenvalue weighted by Gasteiger charge is 2.24. The Kier molecular flexibility index (Phi) is 6.10. The van der Waals surface area contributed by atoms with Gasteiger partial charge in [0, 0.05) is 11.6 Å². The standard InChI is InChI=1S/C19H20FN3O4/c20-16-7-6-15(12-18(16)23(25)26)19(24)21-17(14-4-2-1-3-5-14)13-22-8-10-27-11-9-22/h1-7,12,17H,8-11,13H2,(H,21,24)/p+1/t17-/m1/s1. The molecule has 1 fully saturated rings. The Hall–Kier alpha value is -2.84. The molecule has 7 nitrogen and oxygen atoms in total. The van der Waals surface area contributed by atoms with E-state index in [2.05, 4.69) is 5.32 Å². The molecule has 8 heteroatoms. The summed E-state index contributed by atoms with van der Waals surface area (Å²) in [6.07, 6.45) is 0. The summed E-state index contributed by atoms with van der Waals surface area (Å²) in [5.74, 6) is -1.44. The van der Waals surface area contributed by atoms with Crippen molar-refractivity contribution in [2.75, 3.05) is 32.8 Å². The van der Waals surface area contributed by atoms with E-state index in [1.54, 1.807) is 0 Å². The number of nitrogens with zero attached hydrogens (tertiary/aromatic N) is 1. The van der Waals surface area contributed by atoms with Crippen molar-refractivity contribution in [1.82, 2.24) is 5.32 Å². The molecule has 0 bridgehead atoms. The Bertz CT molecular complexity index is 810. The molecule has 1 aliphatic heterocycles. The van der Waals surface area contributed by atoms with Crippen molar-refractivity contribution in [2.24, 2.45) is 0 Å². The van der Waals surface area contributed by atoms with Crippen LogP contribution in [0.1, 0.15) is 22.0 Å². The summed E-state index contributed by atoms with van der Waals surface area (Å²) in [7, 11) is 0. The summed E-state index contributed by atoms with van der Waals surface area (Å²) < 4.78 is 18.9. The fourth-order valence-corrected chi connectivity index (χ4v) is 3.13. The molecule has 2 aromatic carbocycles. The summed E-state index contributed by atoms with van der Waals surface area (Å²) in [5, 5.41) is 13.9. The minimum atomic E-state index is -0.964. The smallest absolute Gasteiger partial charge is 0.305 e. The van der Waals surface area contributed by atoms with Gasteiger partial charge in [-0.15, -0.1) is 0 Å². The number of halogens is 1. The van der Waals surface area contributed by atoms with Crippen LogP contribution in [0.4, 0.5) is 10.1 Å². The van der Waals surface area contributed by atoms with Crippen LogP contribution in [-0.2, 0) is 4.74 Å². The van der Waals surface area contributed by atoms with Gasteiger partial charge in [-0.1, -0.05) is 30.3 Å². The van der Waals surface area contributed by atoms with E-state index in [1.807, 2.05) is 30.3 Å². The molecule has 0 aliphatic carbocycles. The maximum absolute atomic E-state index is 13.5. The second-order valence-corrected chi connectivity index (χ2v) is 6.43. The number of amides is 1. The van der Waals surface area contributed by atoms with Crippen LogP contribution in [0.3, 0.4) is 0 Å². The first-order valence-corrected chi connectivity index (χ1v) is 8.75. The van der Waals surface area contributed by atoms with Gasteiger partial charge in [0.1, 0.15) is 25.7 Å². The summed E-state index contributed by atoms with van der Waals surface area (Å²) in [5.41, 5.74) is 0.292. The van der Waals surface area contributed by atoms with E-state index in [-0.39, 0.29) is 11.6 Å². The molecule has 2 aromatic rings. The average Bonchev–Trinajstić information content (AvgIpc) is 2.69. The molecule has 0 saturated carbocycles. The van der Waals surface area contributed by atoms with E-state index in [1.165, 1.54) is 11.0 Å². The quantitative estimate of drug-likeness (QED) is 0.586. The summed E-state index contributed by atoms with van der Waals surface area (Å²) in [4.78, 5) is 24.1. The van der Waals surface area contributed by atoms with Crippen LogP contribution >= 0.6 is 0 Å². The van der Waals surface area contributed by atoms with E-state index >= 15 is 0 Å². The molecule has 1 saturated heterocycles. The minimum absolute atomic E-state index is 0.0565. The van der Waals surface area contributed by atoms with Crippen molar-refractivity contribution in [3.8, 4) is 0 Å². The lowest BCUT2D eigenvalue weighted by atomic mass is 10.0. The Labute approximate surface area is 155 Å². The lowest BCUT2D eigenvalue weighted by molar-refractivity contribution is -0.909. The van der Waals surface area contributed by atoms with Crippen molar-refractivity contribution in [3.63, 3.8) is 0 Å². The van der Waals surface area contributed by atoms with Crippen LogP contribution in [-0.4, -0.2) is 43.7 Å². The number of carbonyl (C=O) groups excluding carboxylic acids is 1. The predicted octanol–water partition coefficient (Wildman–Crippen LogP) is 1.12. The fourth-order valence-electron chi connectivity index (χ4n) is 3.13. The molecule has 1 amide bonds. The number of benzene rings is 2. The van der Waals surface area contributed by atoms with E-state index in [0.717, 1.165) is 30.8 Å². The van der Waals surface area contributed by atoms with Gasteiger partial charge in [-0.2, -0.15) is 4.39 Å². The van der Waals surface area contributed by atoms with Crippen LogP contribution in [0.25, 0.3) is 0 Å². The van der Waals surface area contributed by atoms with Crippen LogP contribution in [0.2, 0.25) is 0 Å². The average molecular weight is 374 g/mol. The molecular weight excluding hydrogens is 353 g/mol. The number of hydrogen-bond acceptors (Lipinski definition) is 4. The number of ether oxygens (including phenoxy) is 1. The van der Waals surface area contributed by atoms with E-state index in [9.17, 15) is 19.3 Å². The van der Waals surface area contributed by atoms with E-state index < -0.39 is 22.3 Å². The number of quaternary nitrogens is 1.